The minimum atomic E-state index is -0.254. The minimum Gasteiger partial charge on any atom is -0.461 e. The Hall–Kier alpha value is -0.100. The second-order valence-electron chi connectivity index (χ2n) is 2.52. The van der Waals surface area contributed by atoms with Crippen LogP contribution in [0.5, 0.6) is 0 Å². The van der Waals surface area contributed by atoms with Gasteiger partial charge in [-0.05, 0) is 40.8 Å². The van der Waals surface area contributed by atoms with Gasteiger partial charge in [-0.15, -0.1) is 0 Å². The highest BCUT2D eigenvalue weighted by molar-refractivity contribution is 14.1. The summed E-state index contributed by atoms with van der Waals surface area (Å²) in [7, 11) is 0. The molecule has 0 atom stereocenters. The highest BCUT2D eigenvalue weighted by atomic mass is 127. The van der Waals surface area contributed by atoms with Gasteiger partial charge in [0, 0.05) is 20.5 Å². The van der Waals surface area contributed by atoms with E-state index in [2.05, 4.69) is 38.5 Å². The highest BCUT2D eigenvalue weighted by Crippen LogP contribution is 2.19. The Balaban J connectivity index is 2.75. The van der Waals surface area contributed by atoms with Crippen molar-refractivity contribution in [3.05, 3.63) is 31.8 Å². The number of carbonyl (C=O) groups is 1. The van der Waals surface area contributed by atoms with E-state index < -0.39 is 0 Å². The molecule has 0 aliphatic heterocycles. The molecule has 0 aliphatic rings. The Kier molecular flexibility index (Phi) is 4.18. The van der Waals surface area contributed by atoms with Crippen molar-refractivity contribution in [2.75, 3.05) is 0 Å². The second kappa shape index (κ2) is 4.95. The zero-order valence-corrected chi connectivity index (χ0v) is 10.8. The lowest BCUT2D eigenvalue weighted by Crippen LogP contribution is -2.00. The lowest BCUT2D eigenvalue weighted by Gasteiger charge is -2.04. The fraction of sp³-hybridized carbons (Fsp3) is 0.222. The number of rotatable bonds is 2. The molecule has 0 heterocycles. The van der Waals surface area contributed by atoms with E-state index in [1.54, 1.807) is 0 Å². The molecule has 0 fully saturated rings. The Labute approximate surface area is 98.9 Å². The third-order valence-electron chi connectivity index (χ3n) is 1.44. The minimum absolute atomic E-state index is 0.254. The predicted octanol–water partition coefficient (Wildman–Crippen LogP) is 3.12. The molecule has 0 spiro atoms. The molecule has 0 saturated carbocycles. The standard InChI is InChI=1S/C9H8BrIO2/c1-6(12)13-5-7-4-8(10)2-3-9(7)11/h2-4H,5H2,1H3. The smallest absolute Gasteiger partial charge is 0.302 e. The SMILES string of the molecule is CC(=O)OCc1cc(Br)ccc1I. The van der Waals surface area contributed by atoms with Gasteiger partial charge in [-0.25, -0.2) is 0 Å². The number of hydrogen-bond donors (Lipinski definition) is 0. The fourth-order valence-corrected chi connectivity index (χ4v) is 1.73. The molecule has 0 unspecified atom stereocenters. The monoisotopic (exact) mass is 354 g/mol. The molecule has 4 heteroatoms. The summed E-state index contributed by atoms with van der Waals surface area (Å²) in [6, 6.07) is 5.88. The Morgan fingerprint density at radius 3 is 2.92 bits per heavy atom. The first-order valence-electron chi connectivity index (χ1n) is 3.67. The van der Waals surface area contributed by atoms with Crippen LogP contribution < -0.4 is 0 Å². The molecular formula is C9H8BrIO2. The Morgan fingerprint density at radius 2 is 2.31 bits per heavy atom. The van der Waals surface area contributed by atoms with Crippen molar-refractivity contribution in [3.8, 4) is 0 Å². The Morgan fingerprint density at radius 1 is 1.62 bits per heavy atom. The van der Waals surface area contributed by atoms with Gasteiger partial charge >= 0.3 is 5.97 Å². The van der Waals surface area contributed by atoms with Gasteiger partial charge in [-0.3, -0.25) is 4.79 Å². The van der Waals surface area contributed by atoms with Gasteiger partial charge in [-0.2, -0.15) is 0 Å². The van der Waals surface area contributed by atoms with Gasteiger partial charge in [0.1, 0.15) is 6.61 Å². The zero-order chi connectivity index (χ0) is 9.84. The van der Waals surface area contributed by atoms with E-state index in [0.717, 1.165) is 13.6 Å². The molecule has 0 saturated heterocycles. The number of carbonyl (C=O) groups excluding carboxylic acids is 1. The van der Waals surface area contributed by atoms with Crippen LogP contribution in [0.1, 0.15) is 12.5 Å². The fourth-order valence-electron chi connectivity index (χ4n) is 0.833. The first kappa shape index (κ1) is 11.0. The van der Waals surface area contributed by atoms with Crippen LogP contribution in [0.15, 0.2) is 22.7 Å². The van der Waals surface area contributed by atoms with Gasteiger partial charge in [0.25, 0.3) is 0 Å². The van der Waals surface area contributed by atoms with Crippen LogP contribution in [-0.2, 0) is 16.1 Å². The topological polar surface area (TPSA) is 26.3 Å². The van der Waals surface area contributed by atoms with Crippen molar-refractivity contribution >= 4 is 44.5 Å². The van der Waals surface area contributed by atoms with Gasteiger partial charge in [0.15, 0.2) is 0 Å². The predicted molar refractivity (Wildman–Crippen MR) is 62.3 cm³/mol. The summed E-state index contributed by atoms with van der Waals surface area (Å²) >= 11 is 5.57. The molecule has 0 aliphatic carbocycles. The number of ether oxygens (including phenoxy) is 1. The molecule has 70 valence electrons. The van der Waals surface area contributed by atoms with Crippen molar-refractivity contribution in [1.82, 2.24) is 0 Å². The lowest BCUT2D eigenvalue weighted by atomic mass is 10.2. The van der Waals surface area contributed by atoms with E-state index in [9.17, 15) is 4.79 Å². The maximum atomic E-state index is 10.6. The number of benzene rings is 1. The van der Waals surface area contributed by atoms with E-state index in [1.165, 1.54) is 6.92 Å². The van der Waals surface area contributed by atoms with Crippen LogP contribution in [0.2, 0.25) is 0 Å². The van der Waals surface area contributed by atoms with E-state index >= 15 is 0 Å². The average molecular weight is 355 g/mol. The van der Waals surface area contributed by atoms with Gasteiger partial charge in [-0.1, -0.05) is 15.9 Å². The second-order valence-corrected chi connectivity index (χ2v) is 4.59. The highest BCUT2D eigenvalue weighted by Gasteiger charge is 2.02. The van der Waals surface area contributed by atoms with E-state index in [1.807, 2.05) is 18.2 Å². The lowest BCUT2D eigenvalue weighted by molar-refractivity contribution is -0.142. The van der Waals surface area contributed by atoms with E-state index in [0.29, 0.717) is 6.61 Å². The quantitative estimate of drug-likeness (QED) is 0.602. The van der Waals surface area contributed by atoms with Gasteiger partial charge in [0.2, 0.25) is 0 Å². The summed E-state index contributed by atoms with van der Waals surface area (Å²) in [5, 5.41) is 0. The van der Waals surface area contributed by atoms with Crippen molar-refractivity contribution in [2.45, 2.75) is 13.5 Å². The van der Waals surface area contributed by atoms with Crippen molar-refractivity contribution in [1.29, 1.82) is 0 Å². The molecule has 0 aromatic heterocycles. The van der Waals surface area contributed by atoms with Crippen molar-refractivity contribution < 1.29 is 9.53 Å². The molecule has 0 amide bonds. The van der Waals surface area contributed by atoms with Gasteiger partial charge < -0.3 is 4.74 Å². The maximum absolute atomic E-state index is 10.6. The first-order chi connectivity index (χ1) is 6.09. The molecule has 0 bridgehead atoms. The van der Waals surface area contributed by atoms with Crippen molar-refractivity contribution in [3.63, 3.8) is 0 Å². The van der Waals surface area contributed by atoms with Crippen LogP contribution in [0.4, 0.5) is 0 Å². The average Bonchev–Trinajstić information content (AvgIpc) is 2.06. The third-order valence-corrected chi connectivity index (χ3v) is 2.98. The van der Waals surface area contributed by atoms with Crippen molar-refractivity contribution in [2.24, 2.45) is 0 Å². The third kappa shape index (κ3) is 3.64. The summed E-state index contributed by atoms with van der Waals surface area (Å²) in [5.74, 6) is -0.254. The van der Waals surface area contributed by atoms with Crippen LogP contribution in [-0.4, -0.2) is 5.97 Å². The normalized spacial score (nSPS) is 9.77. The molecule has 1 aromatic rings. The molecule has 0 N–H and O–H groups in total. The number of esters is 1. The number of hydrogen-bond acceptors (Lipinski definition) is 2. The molecule has 0 radical (unpaired) electrons. The molecule has 2 nitrogen and oxygen atoms in total. The molecule has 1 rings (SSSR count). The number of halogens is 2. The zero-order valence-electron chi connectivity index (χ0n) is 7.01. The summed E-state index contributed by atoms with van der Waals surface area (Å²) < 4.78 is 6.99. The van der Waals surface area contributed by atoms with Crippen LogP contribution >= 0.6 is 38.5 Å². The van der Waals surface area contributed by atoms with E-state index in [-0.39, 0.29) is 5.97 Å². The molecule has 1 aromatic carbocycles. The molecule has 13 heavy (non-hydrogen) atoms. The summed E-state index contributed by atoms with van der Waals surface area (Å²) in [4.78, 5) is 10.6. The first-order valence-corrected chi connectivity index (χ1v) is 5.54. The summed E-state index contributed by atoms with van der Waals surface area (Å²) in [6.45, 7) is 1.75. The molecular weight excluding hydrogens is 347 g/mol. The maximum Gasteiger partial charge on any atom is 0.302 e. The Bertz CT molecular complexity index is 325. The van der Waals surface area contributed by atoms with E-state index in [4.69, 9.17) is 4.74 Å². The summed E-state index contributed by atoms with van der Waals surface area (Å²) in [5.41, 5.74) is 1.02. The largest absolute Gasteiger partial charge is 0.461 e. The van der Waals surface area contributed by atoms with Gasteiger partial charge in [0.05, 0.1) is 0 Å². The van der Waals surface area contributed by atoms with Crippen LogP contribution in [0.3, 0.4) is 0 Å². The van der Waals surface area contributed by atoms with Crippen LogP contribution in [0.25, 0.3) is 0 Å². The summed E-state index contributed by atoms with van der Waals surface area (Å²) in [6.07, 6.45) is 0. The van der Waals surface area contributed by atoms with Crippen LogP contribution in [0, 0.1) is 3.57 Å².